The summed E-state index contributed by atoms with van der Waals surface area (Å²) in [6.07, 6.45) is 4.00. The summed E-state index contributed by atoms with van der Waals surface area (Å²) in [6.45, 7) is 8.72. The van der Waals surface area contributed by atoms with Crippen LogP contribution in [0.3, 0.4) is 0 Å². The molecule has 0 fully saturated rings. The van der Waals surface area contributed by atoms with Crippen LogP contribution in [0.2, 0.25) is 0 Å². The maximum absolute atomic E-state index is 13.1. The molecular weight excluding hydrogens is 456 g/mol. The van der Waals surface area contributed by atoms with E-state index in [1.54, 1.807) is 6.92 Å². The molecular formula is C24H38N4O7. The summed E-state index contributed by atoms with van der Waals surface area (Å²) in [5.74, 6) is -5.37. The van der Waals surface area contributed by atoms with E-state index in [0.29, 0.717) is 6.42 Å². The Kier molecular flexibility index (Phi) is 12.1. The van der Waals surface area contributed by atoms with Crippen LogP contribution in [0.4, 0.5) is 0 Å². The number of amides is 4. The molecule has 11 heteroatoms. The van der Waals surface area contributed by atoms with Crippen molar-refractivity contribution in [1.29, 1.82) is 0 Å². The Labute approximate surface area is 206 Å². The Bertz CT molecular complexity index is 842. The summed E-state index contributed by atoms with van der Waals surface area (Å²) in [6, 6.07) is -1.82. The number of hydrogen-bond acceptors (Lipinski definition) is 7. The minimum Gasteiger partial charge on any atom is -0.460 e. The van der Waals surface area contributed by atoms with Gasteiger partial charge in [-0.1, -0.05) is 53.0 Å². The second-order valence-corrected chi connectivity index (χ2v) is 8.95. The first-order chi connectivity index (χ1) is 16.4. The Morgan fingerprint density at radius 3 is 2.51 bits per heavy atom. The van der Waals surface area contributed by atoms with Crippen LogP contribution in [0.1, 0.15) is 52.9 Å². The minimum atomic E-state index is -2.08. The van der Waals surface area contributed by atoms with Crippen molar-refractivity contribution in [2.24, 2.45) is 17.6 Å². The van der Waals surface area contributed by atoms with Crippen molar-refractivity contribution in [1.82, 2.24) is 15.5 Å². The molecule has 1 heterocycles. The predicted octanol–water partition coefficient (Wildman–Crippen LogP) is 0.130. The maximum Gasteiger partial charge on any atom is 0.332 e. The molecule has 0 aromatic carbocycles. The molecule has 0 saturated heterocycles. The van der Waals surface area contributed by atoms with Crippen LogP contribution >= 0.6 is 0 Å². The highest BCUT2D eigenvalue weighted by Gasteiger charge is 2.39. The van der Waals surface area contributed by atoms with Gasteiger partial charge in [0.15, 0.2) is 12.1 Å². The molecule has 0 saturated carbocycles. The van der Waals surface area contributed by atoms with Gasteiger partial charge in [0.2, 0.25) is 23.6 Å². The lowest BCUT2D eigenvalue weighted by Crippen LogP contribution is -2.57. The zero-order valence-corrected chi connectivity index (χ0v) is 20.9. The molecule has 0 radical (unpaired) electrons. The number of aliphatic hydroxyl groups is 1. The van der Waals surface area contributed by atoms with Gasteiger partial charge in [-0.15, -0.1) is 0 Å². The Morgan fingerprint density at radius 1 is 1.26 bits per heavy atom. The average molecular weight is 495 g/mol. The van der Waals surface area contributed by atoms with Gasteiger partial charge >= 0.3 is 5.97 Å². The molecule has 0 aromatic heterocycles. The number of hydrogen-bond donors (Lipinski definition) is 4. The Hall–Kier alpha value is -3.21. The number of nitrogens with one attached hydrogen (secondary N) is 2. The van der Waals surface area contributed by atoms with E-state index >= 15 is 0 Å². The van der Waals surface area contributed by atoms with E-state index in [4.69, 9.17) is 10.5 Å². The number of carbonyl (C=O) groups is 5. The molecule has 196 valence electrons. The molecule has 1 rings (SSSR count). The number of cyclic esters (lactones) is 1. The molecule has 5 atom stereocenters. The SMILES string of the molecule is C=C1/C=C/C(=O)N(C)CC(=O)NC([C@@H](O)C(N)=O)C(=O)OC([C@H](C)CCCCCC)[C@H](C)C(=O)N1. The van der Waals surface area contributed by atoms with Crippen molar-refractivity contribution in [2.75, 3.05) is 13.6 Å². The number of unbranched alkanes of at least 4 members (excludes halogenated alkanes) is 3. The van der Waals surface area contributed by atoms with Crippen LogP contribution in [-0.4, -0.2) is 71.4 Å². The van der Waals surface area contributed by atoms with E-state index in [1.165, 1.54) is 13.1 Å². The van der Waals surface area contributed by atoms with E-state index in [1.807, 2.05) is 6.92 Å². The van der Waals surface area contributed by atoms with E-state index in [0.717, 1.165) is 36.7 Å². The lowest BCUT2D eigenvalue weighted by Gasteiger charge is -2.31. The number of carbonyl (C=O) groups excluding carboxylic acids is 5. The molecule has 1 aliphatic rings. The molecule has 5 N–H and O–H groups in total. The lowest BCUT2D eigenvalue weighted by molar-refractivity contribution is -0.165. The molecule has 0 bridgehead atoms. The van der Waals surface area contributed by atoms with Gasteiger partial charge in [0.05, 0.1) is 12.5 Å². The van der Waals surface area contributed by atoms with Crippen LogP contribution in [-0.2, 0) is 28.7 Å². The van der Waals surface area contributed by atoms with E-state index < -0.39 is 60.3 Å². The lowest BCUT2D eigenvalue weighted by atomic mass is 9.88. The predicted molar refractivity (Wildman–Crippen MR) is 128 cm³/mol. The highest BCUT2D eigenvalue weighted by Crippen LogP contribution is 2.24. The smallest absolute Gasteiger partial charge is 0.332 e. The van der Waals surface area contributed by atoms with E-state index in [-0.39, 0.29) is 11.6 Å². The average Bonchev–Trinajstić information content (AvgIpc) is 2.80. The quantitative estimate of drug-likeness (QED) is 0.275. The van der Waals surface area contributed by atoms with Gasteiger partial charge in [-0.2, -0.15) is 0 Å². The first-order valence-electron chi connectivity index (χ1n) is 11.8. The Balaban J connectivity index is 3.33. The largest absolute Gasteiger partial charge is 0.460 e. The van der Waals surface area contributed by atoms with Gasteiger partial charge in [0.1, 0.15) is 6.10 Å². The zero-order valence-electron chi connectivity index (χ0n) is 20.9. The van der Waals surface area contributed by atoms with Crippen LogP contribution < -0.4 is 16.4 Å². The number of rotatable bonds is 8. The Morgan fingerprint density at radius 2 is 1.91 bits per heavy atom. The molecule has 0 aliphatic carbocycles. The molecule has 4 amide bonds. The van der Waals surface area contributed by atoms with Gasteiger partial charge in [-0.25, -0.2) is 4.79 Å². The van der Waals surface area contributed by atoms with Crippen LogP contribution in [0, 0.1) is 11.8 Å². The third-order valence-corrected chi connectivity index (χ3v) is 5.88. The van der Waals surface area contributed by atoms with E-state index in [2.05, 4.69) is 24.1 Å². The number of nitrogens with zero attached hydrogens (tertiary/aromatic N) is 1. The van der Waals surface area contributed by atoms with Crippen LogP contribution in [0.25, 0.3) is 0 Å². The van der Waals surface area contributed by atoms with Crippen molar-refractivity contribution in [3.63, 3.8) is 0 Å². The summed E-state index contributed by atoms with van der Waals surface area (Å²) in [7, 11) is 1.34. The molecule has 0 spiro atoms. The molecule has 0 aromatic rings. The summed E-state index contributed by atoms with van der Waals surface area (Å²) >= 11 is 0. The normalized spacial score (nSPS) is 25.5. The van der Waals surface area contributed by atoms with Crippen LogP contribution in [0.15, 0.2) is 24.4 Å². The third kappa shape index (κ3) is 9.51. The number of primary amides is 1. The number of likely N-dealkylation sites (N-methyl/N-ethyl adjacent to an activating group) is 1. The fourth-order valence-corrected chi connectivity index (χ4v) is 3.68. The van der Waals surface area contributed by atoms with Gasteiger partial charge in [-0.3, -0.25) is 19.2 Å². The number of nitrogens with two attached hydrogens (primary N) is 1. The van der Waals surface area contributed by atoms with Gasteiger partial charge in [0, 0.05) is 18.8 Å². The number of esters is 1. The van der Waals surface area contributed by atoms with Gasteiger partial charge in [0.25, 0.3) is 0 Å². The van der Waals surface area contributed by atoms with Crippen LogP contribution in [0.5, 0.6) is 0 Å². The fraction of sp³-hybridized carbons (Fsp3) is 0.625. The van der Waals surface area contributed by atoms with Crippen molar-refractivity contribution in [3.05, 3.63) is 24.4 Å². The number of allylic oxidation sites excluding steroid dienone is 1. The third-order valence-electron chi connectivity index (χ3n) is 5.88. The minimum absolute atomic E-state index is 0.144. The zero-order chi connectivity index (χ0) is 26.7. The summed E-state index contributed by atoms with van der Waals surface area (Å²) < 4.78 is 5.63. The second-order valence-electron chi connectivity index (χ2n) is 8.95. The van der Waals surface area contributed by atoms with E-state index in [9.17, 15) is 29.1 Å². The first kappa shape index (κ1) is 29.8. The van der Waals surface area contributed by atoms with Crippen molar-refractivity contribution in [2.45, 2.75) is 71.1 Å². The van der Waals surface area contributed by atoms with Gasteiger partial charge in [-0.05, 0) is 18.4 Å². The molecule has 2 unspecified atom stereocenters. The standard InChI is InChI=1S/C24H38N4O7/c1-6-7-8-9-10-14(2)21-16(4)23(33)26-15(3)11-12-18(30)28(5)13-17(29)27-19(24(34)35-21)20(31)22(25)32/h11-12,14,16,19-21,31H,3,6-10,13H2,1-2,4-5H3,(H2,25,32)(H,26,33)(H,27,29)/b12-11+/t14-,16+,19?,20-,21?/m1/s1. The summed E-state index contributed by atoms with van der Waals surface area (Å²) in [5, 5.41) is 15.0. The van der Waals surface area contributed by atoms with Gasteiger partial charge < -0.3 is 31.1 Å². The summed E-state index contributed by atoms with van der Waals surface area (Å²) in [4.78, 5) is 63.3. The first-order valence-corrected chi connectivity index (χ1v) is 11.8. The topological polar surface area (TPSA) is 168 Å². The molecule has 35 heavy (non-hydrogen) atoms. The molecule has 11 nitrogen and oxygen atoms in total. The van der Waals surface area contributed by atoms with Crippen molar-refractivity contribution >= 4 is 29.6 Å². The molecule has 1 aliphatic heterocycles. The second kappa shape index (κ2) is 14.2. The highest BCUT2D eigenvalue weighted by atomic mass is 16.5. The monoisotopic (exact) mass is 494 g/mol. The fourth-order valence-electron chi connectivity index (χ4n) is 3.68. The summed E-state index contributed by atoms with van der Waals surface area (Å²) in [5.41, 5.74) is 5.31. The number of ether oxygens (including phenoxy) is 1. The number of aliphatic hydroxyl groups excluding tert-OH is 1. The van der Waals surface area contributed by atoms with Crippen molar-refractivity contribution in [3.8, 4) is 0 Å². The highest BCUT2D eigenvalue weighted by molar-refractivity contribution is 5.95. The maximum atomic E-state index is 13.1. The van der Waals surface area contributed by atoms with Crippen molar-refractivity contribution < 1.29 is 33.8 Å².